The lowest BCUT2D eigenvalue weighted by Gasteiger charge is -2.28. The molecule has 0 aromatic carbocycles. The second-order valence-corrected chi connectivity index (χ2v) is 5.64. The standard InChI is InChI=1S/C14H24O4/c1-10-3-5-12(7-16-10)8-18-14(15)13-6-4-11(2)17-9-13/h10-13H,3-9H2,1-2H3. The molecule has 104 valence electrons. The Morgan fingerprint density at radius 3 is 2.28 bits per heavy atom. The normalized spacial score (nSPS) is 37.2. The second kappa shape index (κ2) is 6.53. The van der Waals surface area contributed by atoms with Crippen LogP contribution in [-0.2, 0) is 19.0 Å². The molecule has 2 fully saturated rings. The van der Waals surface area contributed by atoms with E-state index in [0.29, 0.717) is 31.8 Å². The molecule has 0 aromatic heterocycles. The lowest BCUT2D eigenvalue weighted by molar-refractivity contribution is -0.157. The smallest absolute Gasteiger partial charge is 0.311 e. The summed E-state index contributed by atoms with van der Waals surface area (Å²) in [7, 11) is 0. The Morgan fingerprint density at radius 2 is 1.72 bits per heavy atom. The number of ether oxygens (including phenoxy) is 3. The minimum atomic E-state index is -0.0967. The van der Waals surface area contributed by atoms with Crippen LogP contribution in [0.15, 0.2) is 0 Å². The average molecular weight is 256 g/mol. The molecule has 2 aliphatic heterocycles. The van der Waals surface area contributed by atoms with Gasteiger partial charge in [0, 0.05) is 5.92 Å². The van der Waals surface area contributed by atoms with E-state index >= 15 is 0 Å². The van der Waals surface area contributed by atoms with E-state index in [1.807, 2.05) is 6.92 Å². The van der Waals surface area contributed by atoms with Gasteiger partial charge in [-0.2, -0.15) is 0 Å². The van der Waals surface area contributed by atoms with Gasteiger partial charge in [-0.25, -0.2) is 0 Å². The monoisotopic (exact) mass is 256 g/mol. The van der Waals surface area contributed by atoms with Crippen LogP contribution in [0.25, 0.3) is 0 Å². The van der Waals surface area contributed by atoms with Crippen molar-refractivity contribution in [2.24, 2.45) is 11.8 Å². The third kappa shape index (κ3) is 3.95. The molecule has 0 aliphatic carbocycles. The van der Waals surface area contributed by atoms with Gasteiger partial charge in [0.2, 0.25) is 0 Å². The molecule has 0 radical (unpaired) electrons. The number of carbonyl (C=O) groups excluding carboxylic acids is 1. The Bertz CT molecular complexity index is 263. The predicted octanol–water partition coefficient (Wildman–Crippen LogP) is 2.16. The van der Waals surface area contributed by atoms with Gasteiger partial charge in [-0.15, -0.1) is 0 Å². The summed E-state index contributed by atoms with van der Waals surface area (Å²) < 4.78 is 16.5. The fraction of sp³-hybridized carbons (Fsp3) is 0.929. The van der Waals surface area contributed by atoms with E-state index in [9.17, 15) is 4.79 Å². The molecule has 0 saturated carbocycles. The number of rotatable bonds is 3. The van der Waals surface area contributed by atoms with E-state index in [-0.39, 0.29) is 18.0 Å². The highest BCUT2D eigenvalue weighted by atomic mass is 16.5. The fourth-order valence-corrected chi connectivity index (χ4v) is 2.46. The lowest BCUT2D eigenvalue weighted by Crippen LogP contribution is -2.33. The van der Waals surface area contributed by atoms with Crippen LogP contribution >= 0.6 is 0 Å². The number of hydrogen-bond donors (Lipinski definition) is 0. The summed E-state index contributed by atoms with van der Waals surface area (Å²) in [5.41, 5.74) is 0. The maximum Gasteiger partial charge on any atom is 0.311 e. The van der Waals surface area contributed by atoms with Crippen LogP contribution in [0.5, 0.6) is 0 Å². The molecule has 0 spiro atoms. The Labute approximate surface area is 109 Å². The highest BCUT2D eigenvalue weighted by molar-refractivity contribution is 5.72. The van der Waals surface area contributed by atoms with Crippen LogP contribution in [0.3, 0.4) is 0 Å². The van der Waals surface area contributed by atoms with Crippen LogP contribution in [-0.4, -0.2) is 38.0 Å². The Hall–Kier alpha value is -0.610. The van der Waals surface area contributed by atoms with Crippen molar-refractivity contribution in [1.82, 2.24) is 0 Å². The third-order valence-electron chi connectivity index (χ3n) is 3.90. The number of carbonyl (C=O) groups is 1. The van der Waals surface area contributed by atoms with Crippen LogP contribution in [0.4, 0.5) is 0 Å². The van der Waals surface area contributed by atoms with Gasteiger partial charge in [-0.1, -0.05) is 0 Å². The van der Waals surface area contributed by atoms with Crippen LogP contribution in [0.1, 0.15) is 39.5 Å². The van der Waals surface area contributed by atoms with Crippen LogP contribution in [0, 0.1) is 11.8 Å². The number of hydrogen-bond acceptors (Lipinski definition) is 4. The molecule has 18 heavy (non-hydrogen) atoms. The zero-order valence-corrected chi connectivity index (χ0v) is 11.4. The van der Waals surface area contributed by atoms with Gasteiger partial charge in [0.15, 0.2) is 0 Å². The van der Waals surface area contributed by atoms with E-state index in [4.69, 9.17) is 14.2 Å². The molecule has 0 N–H and O–H groups in total. The summed E-state index contributed by atoms with van der Waals surface area (Å²) in [6.07, 6.45) is 4.62. The zero-order chi connectivity index (χ0) is 13.0. The van der Waals surface area contributed by atoms with Crippen molar-refractivity contribution in [1.29, 1.82) is 0 Å². The van der Waals surface area contributed by atoms with Gasteiger partial charge in [0.1, 0.15) is 0 Å². The summed E-state index contributed by atoms with van der Waals surface area (Å²) in [5, 5.41) is 0. The van der Waals surface area contributed by atoms with Gasteiger partial charge >= 0.3 is 5.97 Å². The molecular formula is C14H24O4. The molecule has 4 unspecified atom stereocenters. The van der Waals surface area contributed by atoms with E-state index < -0.39 is 0 Å². The summed E-state index contributed by atoms with van der Waals surface area (Å²) in [5.74, 6) is 0.207. The second-order valence-electron chi connectivity index (χ2n) is 5.64. The summed E-state index contributed by atoms with van der Waals surface area (Å²) in [6, 6.07) is 0. The van der Waals surface area contributed by atoms with Gasteiger partial charge < -0.3 is 14.2 Å². The van der Waals surface area contributed by atoms with Crippen molar-refractivity contribution in [3.63, 3.8) is 0 Å². The van der Waals surface area contributed by atoms with Crippen molar-refractivity contribution in [3.8, 4) is 0 Å². The minimum Gasteiger partial charge on any atom is -0.465 e. The average Bonchev–Trinajstić information content (AvgIpc) is 2.38. The molecule has 0 bridgehead atoms. The molecule has 4 heteroatoms. The minimum absolute atomic E-state index is 0.0652. The zero-order valence-electron chi connectivity index (χ0n) is 11.4. The molecule has 4 atom stereocenters. The van der Waals surface area contributed by atoms with Crippen molar-refractivity contribution in [2.45, 2.75) is 51.7 Å². The van der Waals surface area contributed by atoms with Gasteiger partial charge in [-0.3, -0.25) is 4.79 Å². The largest absolute Gasteiger partial charge is 0.465 e. The van der Waals surface area contributed by atoms with E-state index in [0.717, 1.165) is 25.7 Å². The van der Waals surface area contributed by atoms with E-state index in [2.05, 4.69) is 6.92 Å². The Balaban J connectivity index is 1.65. The maximum atomic E-state index is 11.9. The van der Waals surface area contributed by atoms with Crippen molar-refractivity contribution < 1.29 is 19.0 Å². The predicted molar refractivity (Wildman–Crippen MR) is 67.2 cm³/mol. The summed E-state index contributed by atoms with van der Waals surface area (Å²) >= 11 is 0. The molecule has 2 heterocycles. The first-order valence-electron chi connectivity index (χ1n) is 7.05. The summed E-state index contributed by atoms with van der Waals surface area (Å²) in [4.78, 5) is 11.9. The highest BCUT2D eigenvalue weighted by Gasteiger charge is 2.27. The lowest BCUT2D eigenvalue weighted by atomic mass is 9.98. The Morgan fingerprint density at radius 1 is 1.06 bits per heavy atom. The van der Waals surface area contributed by atoms with Gasteiger partial charge in [-0.05, 0) is 39.5 Å². The van der Waals surface area contributed by atoms with Crippen molar-refractivity contribution in [2.75, 3.05) is 19.8 Å². The van der Waals surface area contributed by atoms with Gasteiger partial charge in [0.25, 0.3) is 0 Å². The van der Waals surface area contributed by atoms with Crippen LogP contribution in [0.2, 0.25) is 0 Å². The molecular weight excluding hydrogens is 232 g/mol. The third-order valence-corrected chi connectivity index (χ3v) is 3.90. The van der Waals surface area contributed by atoms with Crippen LogP contribution < -0.4 is 0 Å². The van der Waals surface area contributed by atoms with E-state index in [1.165, 1.54) is 0 Å². The topological polar surface area (TPSA) is 44.8 Å². The molecule has 2 saturated heterocycles. The fourth-order valence-electron chi connectivity index (χ4n) is 2.46. The highest BCUT2D eigenvalue weighted by Crippen LogP contribution is 2.22. The molecule has 4 nitrogen and oxygen atoms in total. The molecule has 0 amide bonds. The number of esters is 1. The molecule has 2 aliphatic rings. The SMILES string of the molecule is CC1CCC(COC(=O)C2CCC(C)OC2)CO1. The van der Waals surface area contributed by atoms with Gasteiger partial charge in [0.05, 0.1) is 37.9 Å². The first-order chi connectivity index (χ1) is 8.65. The molecule has 2 rings (SSSR count). The maximum absolute atomic E-state index is 11.9. The first-order valence-corrected chi connectivity index (χ1v) is 7.05. The molecule has 0 aromatic rings. The Kier molecular flexibility index (Phi) is 5.01. The van der Waals surface area contributed by atoms with Crippen molar-refractivity contribution >= 4 is 5.97 Å². The van der Waals surface area contributed by atoms with E-state index in [1.54, 1.807) is 0 Å². The summed E-state index contributed by atoms with van der Waals surface area (Å²) in [6.45, 7) is 5.85. The first kappa shape index (κ1) is 13.8. The van der Waals surface area contributed by atoms with Crippen molar-refractivity contribution in [3.05, 3.63) is 0 Å². The quantitative estimate of drug-likeness (QED) is 0.726.